The Morgan fingerprint density at radius 1 is 1.50 bits per heavy atom. The number of ether oxygens (including phenoxy) is 1. The van der Waals surface area contributed by atoms with Crippen LogP contribution in [0.15, 0.2) is 6.20 Å². The molecule has 1 aliphatic rings. The number of hydrogen-bond donors (Lipinski definition) is 1. The Morgan fingerprint density at radius 3 is 3.06 bits per heavy atom. The molecule has 1 heterocycles. The SMILES string of the molecule is COc1nc(Cl)ncc1C#C[C@@H]1CCC[C@H](N)C1. The number of nitrogens with two attached hydrogens (primary N) is 1. The number of nitrogens with zero attached hydrogens (tertiary/aromatic N) is 2. The Balaban J connectivity index is 2.13. The van der Waals surface area contributed by atoms with Gasteiger partial charge in [0.15, 0.2) is 0 Å². The lowest BCUT2D eigenvalue weighted by molar-refractivity contribution is 0.381. The van der Waals surface area contributed by atoms with Gasteiger partial charge < -0.3 is 10.5 Å². The van der Waals surface area contributed by atoms with Crippen LogP contribution in [0.25, 0.3) is 0 Å². The summed E-state index contributed by atoms with van der Waals surface area (Å²) in [7, 11) is 1.54. The van der Waals surface area contributed by atoms with Crippen LogP contribution in [0.5, 0.6) is 5.88 Å². The highest BCUT2D eigenvalue weighted by Crippen LogP contribution is 2.23. The van der Waals surface area contributed by atoms with Gasteiger partial charge in [-0.25, -0.2) is 4.98 Å². The van der Waals surface area contributed by atoms with Gasteiger partial charge in [-0.05, 0) is 30.9 Å². The number of hydrogen-bond acceptors (Lipinski definition) is 4. The van der Waals surface area contributed by atoms with Crippen LogP contribution in [0, 0.1) is 17.8 Å². The molecule has 5 heteroatoms. The van der Waals surface area contributed by atoms with E-state index in [0.29, 0.717) is 17.4 Å². The van der Waals surface area contributed by atoms with Gasteiger partial charge in [-0.1, -0.05) is 18.3 Å². The van der Waals surface area contributed by atoms with Crippen molar-refractivity contribution in [3.63, 3.8) is 0 Å². The Kier molecular flexibility index (Phi) is 4.40. The van der Waals surface area contributed by atoms with Gasteiger partial charge in [0.2, 0.25) is 11.2 Å². The van der Waals surface area contributed by atoms with Crippen molar-refractivity contribution in [1.82, 2.24) is 9.97 Å². The third kappa shape index (κ3) is 3.34. The molecule has 1 aromatic heterocycles. The summed E-state index contributed by atoms with van der Waals surface area (Å²) in [6.07, 6.45) is 5.91. The van der Waals surface area contributed by atoms with Crippen LogP contribution in [0.4, 0.5) is 0 Å². The van der Waals surface area contributed by atoms with Crippen molar-refractivity contribution in [1.29, 1.82) is 0 Å². The van der Waals surface area contributed by atoms with Crippen molar-refractivity contribution in [2.45, 2.75) is 31.7 Å². The highest BCUT2D eigenvalue weighted by atomic mass is 35.5. The number of aromatic nitrogens is 2. The van der Waals surface area contributed by atoms with E-state index in [0.717, 1.165) is 25.7 Å². The smallest absolute Gasteiger partial charge is 0.233 e. The zero-order valence-corrected chi connectivity index (χ0v) is 11.1. The molecule has 2 atom stereocenters. The topological polar surface area (TPSA) is 61.0 Å². The van der Waals surface area contributed by atoms with Crippen LogP contribution < -0.4 is 10.5 Å². The summed E-state index contributed by atoms with van der Waals surface area (Å²) in [5.74, 6) is 7.07. The van der Waals surface area contributed by atoms with Gasteiger partial charge in [-0.15, -0.1) is 0 Å². The maximum Gasteiger partial charge on any atom is 0.233 e. The fraction of sp³-hybridized carbons (Fsp3) is 0.538. The number of halogens is 1. The summed E-state index contributed by atoms with van der Waals surface area (Å²) in [5.41, 5.74) is 6.60. The van der Waals surface area contributed by atoms with Gasteiger partial charge in [-0.3, -0.25) is 0 Å². The first-order valence-corrected chi connectivity index (χ1v) is 6.40. The third-order valence-corrected chi connectivity index (χ3v) is 3.23. The van der Waals surface area contributed by atoms with Crippen molar-refractivity contribution < 1.29 is 4.74 Å². The first-order valence-electron chi connectivity index (χ1n) is 6.02. The van der Waals surface area contributed by atoms with Crippen molar-refractivity contribution in [2.75, 3.05) is 7.11 Å². The minimum absolute atomic E-state index is 0.164. The summed E-state index contributed by atoms with van der Waals surface area (Å²) >= 11 is 5.70. The quantitative estimate of drug-likeness (QED) is 0.623. The maximum absolute atomic E-state index is 5.94. The van der Waals surface area contributed by atoms with Crippen molar-refractivity contribution >= 4 is 11.6 Å². The molecule has 0 spiro atoms. The Morgan fingerprint density at radius 2 is 2.33 bits per heavy atom. The maximum atomic E-state index is 5.94. The molecule has 2 rings (SSSR count). The van der Waals surface area contributed by atoms with Gasteiger partial charge in [0.05, 0.1) is 13.3 Å². The van der Waals surface area contributed by atoms with E-state index in [-0.39, 0.29) is 11.3 Å². The molecule has 96 valence electrons. The molecular weight excluding hydrogens is 250 g/mol. The van der Waals surface area contributed by atoms with E-state index in [1.807, 2.05) is 0 Å². The zero-order chi connectivity index (χ0) is 13.0. The van der Waals surface area contributed by atoms with E-state index in [1.54, 1.807) is 13.3 Å². The molecule has 0 bridgehead atoms. The van der Waals surface area contributed by atoms with Crippen LogP contribution >= 0.6 is 11.6 Å². The Bertz CT molecular complexity index is 481. The highest BCUT2D eigenvalue weighted by molar-refractivity contribution is 6.28. The molecule has 2 N–H and O–H groups in total. The van der Waals surface area contributed by atoms with Crippen LogP contribution in [0.2, 0.25) is 5.28 Å². The second kappa shape index (κ2) is 6.03. The molecule has 0 unspecified atom stereocenters. The van der Waals surface area contributed by atoms with E-state index < -0.39 is 0 Å². The van der Waals surface area contributed by atoms with Crippen LogP contribution in [-0.2, 0) is 0 Å². The second-order valence-electron chi connectivity index (χ2n) is 4.45. The molecule has 18 heavy (non-hydrogen) atoms. The Hall–Kier alpha value is -1.31. The lowest BCUT2D eigenvalue weighted by Gasteiger charge is -2.22. The highest BCUT2D eigenvalue weighted by Gasteiger charge is 2.17. The second-order valence-corrected chi connectivity index (χ2v) is 4.79. The van der Waals surface area contributed by atoms with Crippen LogP contribution in [-0.4, -0.2) is 23.1 Å². The van der Waals surface area contributed by atoms with Gasteiger partial charge in [0.25, 0.3) is 0 Å². The summed E-state index contributed by atoms with van der Waals surface area (Å²) in [6.45, 7) is 0. The standard InChI is InChI=1S/C13H16ClN3O/c1-18-12-10(8-16-13(14)17-12)6-5-9-3-2-4-11(15)7-9/h8-9,11H,2-4,7,15H2,1H3/t9-,11-/m0/s1. The molecule has 0 amide bonds. The zero-order valence-electron chi connectivity index (χ0n) is 10.3. The van der Waals surface area contributed by atoms with Gasteiger partial charge in [0, 0.05) is 12.0 Å². The fourth-order valence-corrected chi connectivity index (χ4v) is 2.25. The van der Waals surface area contributed by atoms with Gasteiger partial charge >= 0.3 is 0 Å². The molecule has 0 aromatic carbocycles. The van der Waals surface area contributed by atoms with E-state index >= 15 is 0 Å². The minimum Gasteiger partial charge on any atom is -0.480 e. The van der Waals surface area contributed by atoms with Crippen molar-refractivity contribution in [3.8, 4) is 17.7 Å². The average Bonchev–Trinajstić information content (AvgIpc) is 2.37. The minimum atomic E-state index is 0.164. The summed E-state index contributed by atoms with van der Waals surface area (Å²) in [6, 6.07) is 0.279. The molecule has 0 radical (unpaired) electrons. The van der Waals surface area contributed by atoms with E-state index in [1.165, 1.54) is 0 Å². The monoisotopic (exact) mass is 265 g/mol. The number of rotatable bonds is 1. The summed E-state index contributed by atoms with van der Waals surface area (Å²) in [4.78, 5) is 7.89. The molecule has 1 aliphatic carbocycles. The normalized spacial score (nSPS) is 23.1. The van der Waals surface area contributed by atoms with Gasteiger partial charge in [-0.2, -0.15) is 4.98 Å². The average molecular weight is 266 g/mol. The largest absolute Gasteiger partial charge is 0.480 e. The molecule has 1 fully saturated rings. The molecule has 0 aliphatic heterocycles. The molecule has 1 saturated carbocycles. The fourth-order valence-electron chi connectivity index (χ4n) is 2.13. The number of methoxy groups -OCH3 is 1. The predicted octanol–water partition coefficient (Wildman–Crippen LogP) is 2.01. The van der Waals surface area contributed by atoms with Crippen molar-refractivity contribution in [3.05, 3.63) is 17.0 Å². The van der Waals surface area contributed by atoms with E-state index in [9.17, 15) is 0 Å². The molecule has 1 aromatic rings. The molecule has 4 nitrogen and oxygen atoms in total. The molecular formula is C13H16ClN3O. The van der Waals surface area contributed by atoms with Crippen molar-refractivity contribution in [2.24, 2.45) is 11.7 Å². The molecule has 0 saturated heterocycles. The predicted molar refractivity (Wildman–Crippen MR) is 70.4 cm³/mol. The first kappa shape index (κ1) is 13.1. The van der Waals surface area contributed by atoms with E-state index in [2.05, 4.69) is 21.8 Å². The van der Waals surface area contributed by atoms with E-state index in [4.69, 9.17) is 22.1 Å². The van der Waals surface area contributed by atoms with Gasteiger partial charge in [0.1, 0.15) is 5.56 Å². The first-order chi connectivity index (χ1) is 8.69. The lowest BCUT2D eigenvalue weighted by Crippen LogP contribution is -2.27. The van der Waals surface area contributed by atoms with Crippen LogP contribution in [0.3, 0.4) is 0 Å². The van der Waals surface area contributed by atoms with Crippen LogP contribution in [0.1, 0.15) is 31.2 Å². The summed E-state index contributed by atoms with van der Waals surface area (Å²) in [5, 5.41) is 0.164. The third-order valence-electron chi connectivity index (χ3n) is 3.04. The Labute approximate surface area is 112 Å². The summed E-state index contributed by atoms with van der Waals surface area (Å²) < 4.78 is 5.12. The lowest BCUT2D eigenvalue weighted by atomic mass is 9.86.